The summed E-state index contributed by atoms with van der Waals surface area (Å²) in [4.78, 5) is 27.6. The number of hydrogen-bond acceptors (Lipinski definition) is 5. The first-order chi connectivity index (χ1) is 10.2. The quantitative estimate of drug-likeness (QED) is 0.481. The van der Waals surface area contributed by atoms with Crippen molar-refractivity contribution in [2.24, 2.45) is 5.92 Å². The summed E-state index contributed by atoms with van der Waals surface area (Å²) in [6, 6.07) is 0. The summed E-state index contributed by atoms with van der Waals surface area (Å²) in [6.45, 7) is 4.81. The molecule has 8 nitrogen and oxygen atoms in total. The van der Waals surface area contributed by atoms with Gasteiger partial charge in [-0.15, -0.1) is 0 Å². The molecule has 0 heterocycles. The van der Waals surface area contributed by atoms with Crippen molar-refractivity contribution in [3.8, 4) is 0 Å². The van der Waals surface area contributed by atoms with Gasteiger partial charge in [0.1, 0.15) is 0 Å². The van der Waals surface area contributed by atoms with Crippen LogP contribution >= 0.6 is 15.4 Å². The van der Waals surface area contributed by atoms with E-state index in [1.165, 1.54) is 13.2 Å². The van der Waals surface area contributed by atoms with E-state index in [2.05, 4.69) is 0 Å². The second-order valence-corrected chi connectivity index (χ2v) is 9.24. The maximum atomic E-state index is 12.1. The highest BCUT2D eigenvalue weighted by atomic mass is 31.2. The predicted octanol–water partition coefficient (Wildman–Crippen LogP) is 1.97. The molecule has 1 rings (SSSR count). The Balaban J connectivity index is 2.89. The minimum atomic E-state index is -4.37. The third-order valence-corrected chi connectivity index (χ3v) is 5.00. The summed E-state index contributed by atoms with van der Waals surface area (Å²) in [7, 11) is -1.39. The van der Waals surface area contributed by atoms with Crippen LogP contribution in [0.25, 0.3) is 0 Å². The Bertz CT molecular complexity index is 526. The zero-order chi connectivity index (χ0) is 18.1. The molecule has 0 aromatic heterocycles. The molecule has 1 saturated carbocycles. The van der Waals surface area contributed by atoms with Gasteiger partial charge in [-0.1, -0.05) is 6.08 Å². The van der Waals surface area contributed by atoms with Crippen molar-refractivity contribution < 1.29 is 37.6 Å². The summed E-state index contributed by atoms with van der Waals surface area (Å²) in [6.07, 6.45) is -0.0817. The van der Waals surface area contributed by atoms with Crippen molar-refractivity contribution >= 4 is 23.3 Å². The predicted molar refractivity (Wildman–Crippen MR) is 85.1 cm³/mol. The van der Waals surface area contributed by atoms with E-state index >= 15 is 0 Å². The summed E-state index contributed by atoms with van der Waals surface area (Å²) < 4.78 is 38.4. The molecule has 132 valence electrons. The van der Waals surface area contributed by atoms with E-state index in [0.29, 0.717) is 0 Å². The number of phosphoric ester groups is 1. The van der Waals surface area contributed by atoms with Crippen molar-refractivity contribution in [1.29, 1.82) is 0 Å². The van der Waals surface area contributed by atoms with Crippen LogP contribution in [0, 0.1) is 5.92 Å². The molecule has 1 aliphatic carbocycles. The third-order valence-electron chi connectivity index (χ3n) is 3.16. The monoisotopic (exact) mass is 368 g/mol. The molecular weight excluding hydrogens is 345 g/mol. The second-order valence-electron chi connectivity index (χ2n) is 6.44. The van der Waals surface area contributed by atoms with Gasteiger partial charge in [0.05, 0.1) is 25.7 Å². The Hall–Kier alpha value is 0.0249. The summed E-state index contributed by atoms with van der Waals surface area (Å²) in [5.41, 5.74) is -0.894. The maximum absolute atomic E-state index is 12.1. The van der Waals surface area contributed by atoms with Gasteiger partial charge in [0.15, 0.2) is 0 Å². The van der Waals surface area contributed by atoms with Gasteiger partial charge in [0.25, 0.3) is 0 Å². The minimum Gasteiger partial charge on any atom is -0.378 e. The Morgan fingerprint density at radius 1 is 1.17 bits per heavy atom. The van der Waals surface area contributed by atoms with Crippen LogP contribution < -0.4 is 0 Å². The van der Waals surface area contributed by atoms with Crippen molar-refractivity contribution in [2.45, 2.75) is 50.8 Å². The molecule has 11 heteroatoms. The van der Waals surface area contributed by atoms with Crippen LogP contribution in [0.4, 0.5) is 0 Å². The zero-order valence-corrected chi connectivity index (χ0v) is 15.3. The minimum absolute atomic E-state index is 0.287. The first kappa shape index (κ1) is 21.1. The maximum Gasteiger partial charge on any atom is 0.473 e. The molecule has 0 amide bonds. The molecule has 23 heavy (non-hydrogen) atoms. The fraction of sp³-hybridized carbons (Fsp3) is 0.833. The molecule has 0 aromatic carbocycles. The fourth-order valence-corrected chi connectivity index (χ4v) is 4.21. The molecule has 2 radical (unpaired) electrons. The highest BCUT2D eigenvalue weighted by Crippen LogP contribution is 2.53. The van der Waals surface area contributed by atoms with Gasteiger partial charge in [-0.2, -0.15) is 0 Å². The molecule has 0 saturated heterocycles. The summed E-state index contributed by atoms with van der Waals surface area (Å²) in [5, 5.41) is 0. The van der Waals surface area contributed by atoms with Crippen LogP contribution in [0.2, 0.25) is 5.82 Å². The molecule has 1 fully saturated rings. The molecule has 0 spiro atoms. The Morgan fingerprint density at radius 2 is 1.74 bits per heavy atom. The lowest BCUT2D eigenvalue weighted by atomic mass is 9.84. The van der Waals surface area contributed by atoms with Crippen LogP contribution in [0.5, 0.6) is 0 Å². The first-order valence-electron chi connectivity index (χ1n) is 6.99. The average Bonchev–Trinajstić information content (AvgIpc) is 2.58. The molecule has 0 bridgehead atoms. The second kappa shape index (κ2) is 7.50. The van der Waals surface area contributed by atoms with Gasteiger partial charge < -0.3 is 19.4 Å². The normalized spacial score (nSPS) is 32.3. The van der Waals surface area contributed by atoms with Gasteiger partial charge in [-0.3, -0.25) is 13.6 Å². The smallest absolute Gasteiger partial charge is 0.378 e. The lowest BCUT2D eigenvalue weighted by molar-refractivity contribution is -0.0215. The molecule has 3 N–H and O–H groups in total. The van der Waals surface area contributed by atoms with E-state index in [0.717, 1.165) is 5.82 Å². The number of phosphoric acid groups is 1. The number of hydrogen-bond donors (Lipinski definition) is 3. The highest BCUT2D eigenvalue weighted by Gasteiger charge is 2.45. The lowest BCUT2D eigenvalue weighted by Crippen LogP contribution is -2.31. The van der Waals surface area contributed by atoms with E-state index in [1.54, 1.807) is 20.8 Å². The molecule has 5 atom stereocenters. The van der Waals surface area contributed by atoms with E-state index in [4.69, 9.17) is 31.4 Å². The van der Waals surface area contributed by atoms with Gasteiger partial charge in [0.2, 0.25) is 0 Å². The summed E-state index contributed by atoms with van der Waals surface area (Å²) >= 11 is 0. The number of rotatable bonds is 6. The summed E-state index contributed by atoms with van der Waals surface area (Å²) in [5.74, 6) is -0.333. The van der Waals surface area contributed by atoms with E-state index in [-0.39, 0.29) is 6.42 Å². The average molecular weight is 368 g/mol. The van der Waals surface area contributed by atoms with Crippen LogP contribution in [0.1, 0.15) is 27.2 Å². The molecule has 1 aliphatic rings. The molecular formula is C12H23BO8P2. The highest BCUT2D eigenvalue weighted by molar-refractivity contribution is 7.55. The SMILES string of the molecule is [B]C1C[C@H](/C=C/P(=O)(O)O)[C@@H](OC)[C@H]1OP(=O)(O)OC(C)(C)C. The van der Waals surface area contributed by atoms with Gasteiger partial charge in [-0.05, 0) is 33.0 Å². The van der Waals surface area contributed by atoms with E-state index < -0.39 is 45.0 Å². The van der Waals surface area contributed by atoms with Gasteiger partial charge in [-0.25, -0.2) is 4.57 Å². The van der Waals surface area contributed by atoms with Crippen LogP contribution in [-0.4, -0.2) is 47.4 Å². The van der Waals surface area contributed by atoms with Crippen LogP contribution in [0.15, 0.2) is 11.9 Å². The standard InChI is InChI=1S/C12H23BO8P2/c1-12(2,3)21-23(17,18)20-11-9(13)7-8(10(11)19-4)5-6-22(14,15)16/h5-6,8-11H,7H2,1-4H3,(H,17,18)(H2,14,15,16)/b6-5+/t8-,9?,10+,11-/m0/s1. The third kappa shape index (κ3) is 7.20. The number of methoxy groups -OCH3 is 1. The van der Waals surface area contributed by atoms with Crippen molar-refractivity contribution in [3.05, 3.63) is 11.9 Å². The fourth-order valence-electron chi connectivity index (χ4n) is 2.45. The Labute approximate surface area is 137 Å². The zero-order valence-electron chi connectivity index (χ0n) is 13.5. The topological polar surface area (TPSA) is 123 Å². The first-order valence-corrected chi connectivity index (χ1v) is 10.2. The molecule has 0 aromatic rings. The lowest BCUT2D eigenvalue weighted by Gasteiger charge is -2.29. The Morgan fingerprint density at radius 3 is 2.17 bits per heavy atom. The van der Waals surface area contributed by atoms with Crippen molar-refractivity contribution in [1.82, 2.24) is 0 Å². The van der Waals surface area contributed by atoms with Crippen LogP contribution in [-0.2, 0) is 22.9 Å². The molecule has 0 aliphatic heterocycles. The Kier molecular flexibility index (Phi) is 6.87. The van der Waals surface area contributed by atoms with E-state index in [9.17, 15) is 14.0 Å². The van der Waals surface area contributed by atoms with E-state index in [1.807, 2.05) is 0 Å². The number of ether oxygens (including phenoxy) is 1. The van der Waals surface area contributed by atoms with Gasteiger partial charge >= 0.3 is 15.4 Å². The largest absolute Gasteiger partial charge is 0.473 e. The van der Waals surface area contributed by atoms with Crippen molar-refractivity contribution in [2.75, 3.05) is 7.11 Å². The van der Waals surface area contributed by atoms with Crippen LogP contribution in [0.3, 0.4) is 0 Å². The molecule has 2 unspecified atom stereocenters. The van der Waals surface area contributed by atoms with Crippen molar-refractivity contribution in [3.63, 3.8) is 0 Å². The van der Waals surface area contributed by atoms with Gasteiger partial charge in [0, 0.05) is 18.8 Å².